The van der Waals surface area contributed by atoms with Crippen molar-refractivity contribution in [3.8, 4) is 22.8 Å². The molecule has 5 aromatic rings. The van der Waals surface area contributed by atoms with E-state index in [-0.39, 0.29) is 0 Å². The molecule has 5 rings (SSSR count). The summed E-state index contributed by atoms with van der Waals surface area (Å²) in [4.78, 5) is 13.1. The number of benzene rings is 2. The van der Waals surface area contributed by atoms with Crippen LogP contribution in [0.5, 0.6) is 0 Å². The zero-order chi connectivity index (χ0) is 18.1. The zero-order valence-corrected chi connectivity index (χ0v) is 14.3. The van der Waals surface area contributed by atoms with Crippen molar-refractivity contribution in [1.82, 2.24) is 29.8 Å². The molecule has 6 heteroatoms. The van der Waals surface area contributed by atoms with Crippen LogP contribution in [-0.2, 0) is 0 Å². The second-order valence-electron chi connectivity index (χ2n) is 6.02. The summed E-state index contributed by atoms with van der Waals surface area (Å²) >= 11 is 0. The highest BCUT2D eigenvalue weighted by Crippen LogP contribution is 2.17. The molecule has 0 aliphatic rings. The summed E-state index contributed by atoms with van der Waals surface area (Å²) in [5.41, 5.74) is 4.26. The molecule has 0 saturated carbocycles. The van der Waals surface area contributed by atoms with Gasteiger partial charge in [0, 0.05) is 23.2 Å². The summed E-state index contributed by atoms with van der Waals surface area (Å²) in [6.07, 6.45) is 6.98. The van der Waals surface area contributed by atoms with Gasteiger partial charge >= 0.3 is 0 Å². The quantitative estimate of drug-likeness (QED) is 0.500. The number of hydrogen-bond donors (Lipinski definition) is 0. The van der Waals surface area contributed by atoms with Gasteiger partial charge in [0.1, 0.15) is 11.4 Å². The number of rotatable bonds is 3. The van der Waals surface area contributed by atoms with E-state index in [1.165, 1.54) is 0 Å². The summed E-state index contributed by atoms with van der Waals surface area (Å²) in [7, 11) is 0. The second-order valence-corrected chi connectivity index (χ2v) is 6.02. The van der Waals surface area contributed by atoms with Crippen molar-refractivity contribution in [3.63, 3.8) is 0 Å². The van der Waals surface area contributed by atoms with Crippen LogP contribution in [0.4, 0.5) is 0 Å². The molecule has 3 aromatic heterocycles. The zero-order valence-electron chi connectivity index (χ0n) is 14.3. The lowest BCUT2D eigenvalue weighted by molar-refractivity contribution is 0.826. The minimum atomic E-state index is 0.507. The largest absolute Gasteiger partial charge is 0.261 e. The van der Waals surface area contributed by atoms with Crippen LogP contribution in [0.2, 0.25) is 0 Å². The Hall–Kier alpha value is -3.93. The van der Waals surface area contributed by atoms with E-state index in [1.54, 1.807) is 23.2 Å². The molecule has 3 heterocycles. The Labute approximate surface area is 154 Å². The SMILES string of the molecule is C(c1ccccc1)=c1c(-c2ccccc2)nn2nc(-c3cnccn3)nc12. The number of aromatic nitrogens is 6. The Bertz CT molecular complexity index is 1250. The lowest BCUT2D eigenvalue weighted by Crippen LogP contribution is -2.04. The van der Waals surface area contributed by atoms with E-state index in [2.05, 4.69) is 43.4 Å². The average Bonchev–Trinajstić information content (AvgIpc) is 3.30. The monoisotopic (exact) mass is 350 g/mol. The highest BCUT2D eigenvalue weighted by molar-refractivity contribution is 5.71. The number of nitrogens with zero attached hydrogens (tertiary/aromatic N) is 6. The predicted octanol–water partition coefficient (Wildman–Crippen LogP) is 2.80. The first-order chi connectivity index (χ1) is 13.4. The molecule has 0 unspecified atom stereocenters. The maximum Gasteiger partial charge on any atom is 0.204 e. The maximum absolute atomic E-state index is 4.69. The summed E-state index contributed by atoms with van der Waals surface area (Å²) in [6, 6.07) is 20.2. The first-order valence-electron chi connectivity index (χ1n) is 8.54. The molecule has 0 saturated heterocycles. The van der Waals surface area contributed by atoms with Gasteiger partial charge in [0.15, 0.2) is 5.65 Å². The molecule has 6 nitrogen and oxygen atoms in total. The minimum absolute atomic E-state index is 0.507. The van der Waals surface area contributed by atoms with Gasteiger partial charge in [0.25, 0.3) is 0 Å². The normalized spacial score (nSPS) is 11.9. The highest BCUT2D eigenvalue weighted by atomic mass is 15.5. The molecule has 0 radical (unpaired) electrons. The van der Waals surface area contributed by atoms with E-state index in [0.29, 0.717) is 17.2 Å². The number of hydrogen-bond acceptors (Lipinski definition) is 5. The summed E-state index contributed by atoms with van der Waals surface area (Å²) in [5.74, 6) is 0.507. The minimum Gasteiger partial charge on any atom is -0.261 e. The summed E-state index contributed by atoms with van der Waals surface area (Å²) < 4.78 is 1.57. The van der Waals surface area contributed by atoms with Gasteiger partial charge in [-0.3, -0.25) is 4.98 Å². The van der Waals surface area contributed by atoms with E-state index in [0.717, 1.165) is 22.0 Å². The van der Waals surface area contributed by atoms with Crippen LogP contribution in [0.3, 0.4) is 0 Å². The van der Waals surface area contributed by atoms with E-state index < -0.39 is 0 Å². The van der Waals surface area contributed by atoms with Gasteiger partial charge in [-0.2, -0.15) is 0 Å². The highest BCUT2D eigenvalue weighted by Gasteiger charge is 2.15. The summed E-state index contributed by atoms with van der Waals surface area (Å²) in [5, 5.41) is 10.1. The van der Waals surface area contributed by atoms with Crippen LogP contribution in [-0.4, -0.2) is 29.8 Å². The molecular weight excluding hydrogens is 336 g/mol. The molecule has 128 valence electrons. The van der Waals surface area contributed by atoms with Gasteiger partial charge in [-0.15, -0.1) is 14.8 Å². The van der Waals surface area contributed by atoms with Crippen LogP contribution >= 0.6 is 0 Å². The average molecular weight is 350 g/mol. The van der Waals surface area contributed by atoms with Crippen molar-refractivity contribution in [2.24, 2.45) is 0 Å². The maximum atomic E-state index is 4.69. The molecule has 0 aliphatic carbocycles. The lowest BCUT2D eigenvalue weighted by Gasteiger charge is -1.97. The Kier molecular flexibility index (Phi) is 3.65. The van der Waals surface area contributed by atoms with Crippen LogP contribution in [0.1, 0.15) is 5.56 Å². The van der Waals surface area contributed by atoms with E-state index in [9.17, 15) is 0 Å². The molecule has 27 heavy (non-hydrogen) atoms. The molecule has 2 aromatic carbocycles. The fourth-order valence-electron chi connectivity index (χ4n) is 2.98. The van der Waals surface area contributed by atoms with Crippen molar-refractivity contribution in [2.75, 3.05) is 0 Å². The van der Waals surface area contributed by atoms with Crippen molar-refractivity contribution >= 4 is 11.7 Å². The van der Waals surface area contributed by atoms with Crippen LogP contribution in [0, 0.1) is 0 Å². The van der Waals surface area contributed by atoms with Crippen molar-refractivity contribution in [3.05, 3.63) is 90.0 Å². The van der Waals surface area contributed by atoms with E-state index >= 15 is 0 Å². The Balaban J connectivity index is 1.77. The molecule has 0 bridgehead atoms. The third-order valence-corrected chi connectivity index (χ3v) is 4.23. The smallest absolute Gasteiger partial charge is 0.204 e. The van der Waals surface area contributed by atoms with Gasteiger partial charge in [-0.1, -0.05) is 60.7 Å². The molecular formula is C21H14N6. The van der Waals surface area contributed by atoms with Crippen LogP contribution < -0.4 is 5.22 Å². The van der Waals surface area contributed by atoms with E-state index in [1.807, 2.05) is 48.5 Å². The van der Waals surface area contributed by atoms with Crippen LogP contribution in [0.15, 0.2) is 79.3 Å². The molecule has 0 fully saturated rings. The standard InChI is InChI=1S/C21H14N6/c1-3-7-15(8-4-1)13-17-19(16-9-5-2-6-10-16)25-27-21(17)24-20(26-27)18-14-22-11-12-23-18/h1-14H. The lowest BCUT2D eigenvalue weighted by atomic mass is 10.1. The predicted molar refractivity (Wildman–Crippen MR) is 102 cm³/mol. The third-order valence-electron chi connectivity index (χ3n) is 4.23. The van der Waals surface area contributed by atoms with Crippen molar-refractivity contribution in [1.29, 1.82) is 0 Å². The first-order valence-corrected chi connectivity index (χ1v) is 8.54. The second kappa shape index (κ2) is 6.42. The van der Waals surface area contributed by atoms with Gasteiger partial charge < -0.3 is 0 Å². The molecule has 0 amide bonds. The summed E-state index contributed by atoms with van der Waals surface area (Å²) in [6.45, 7) is 0. The Morgan fingerprint density at radius 2 is 1.59 bits per heavy atom. The van der Waals surface area contributed by atoms with Crippen LogP contribution in [0.25, 0.3) is 34.5 Å². The van der Waals surface area contributed by atoms with Gasteiger partial charge in [0.05, 0.1) is 6.20 Å². The Morgan fingerprint density at radius 1 is 0.815 bits per heavy atom. The molecule has 0 N–H and O–H groups in total. The Morgan fingerprint density at radius 3 is 2.33 bits per heavy atom. The first kappa shape index (κ1) is 15.3. The fourth-order valence-corrected chi connectivity index (χ4v) is 2.98. The van der Waals surface area contributed by atoms with Crippen molar-refractivity contribution < 1.29 is 0 Å². The number of fused-ring (bicyclic) bond motifs is 1. The third kappa shape index (κ3) is 2.83. The van der Waals surface area contributed by atoms with Crippen molar-refractivity contribution in [2.45, 2.75) is 0 Å². The fraction of sp³-hybridized carbons (Fsp3) is 0. The van der Waals surface area contributed by atoms with Gasteiger partial charge in [-0.25, -0.2) is 9.97 Å². The topological polar surface area (TPSA) is 68.9 Å². The van der Waals surface area contributed by atoms with E-state index in [4.69, 9.17) is 0 Å². The molecule has 0 atom stereocenters. The molecule has 0 aliphatic heterocycles. The molecule has 0 spiro atoms. The van der Waals surface area contributed by atoms with Gasteiger partial charge in [0.2, 0.25) is 5.82 Å². The van der Waals surface area contributed by atoms with Gasteiger partial charge in [-0.05, 0) is 11.6 Å².